The third kappa shape index (κ3) is 3.51. The molecule has 1 aliphatic heterocycles. The van der Waals surface area contributed by atoms with Crippen LogP contribution in [0.2, 0.25) is 0 Å². The molecule has 0 radical (unpaired) electrons. The second-order valence-corrected chi connectivity index (χ2v) is 5.33. The number of carbonyl (C=O) groups is 1. The monoisotopic (exact) mass is 312 g/mol. The summed E-state index contributed by atoms with van der Waals surface area (Å²) in [6, 6.07) is 4.54. The number of halogens is 3. The Morgan fingerprint density at radius 2 is 2.23 bits per heavy atom. The number of hydrogen-bond acceptors (Lipinski definition) is 2. The highest BCUT2D eigenvalue weighted by Crippen LogP contribution is 2.33. The van der Waals surface area contributed by atoms with Gasteiger partial charge in [0.1, 0.15) is 0 Å². The average molecular weight is 312 g/mol. The van der Waals surface area contributed by atoms with Crippen LogP contribution in [-0.2, 0) is 11.0 Å². The molecule has 0 aliphatic carbocycles. The number of azide groups is 1. The number of rotatable bonds is 4. The number of likely N-dealkylation sites (tertiary alicyclic amines) is 1. The number of alkyl halides is 3. The molecule has 1 saturated heterocycles. The predicted molar refractivity (Wildman–Crippen MR) is 73.7 cm³/mol. The summed E-state index contributed by atoms with van der Waals surface area (Å²) in [5.41, 5.74) is 8.02. The van der Waals surface area contributed by atoms with E-state index in [-0.39, 0.29) is 24.8 Å². The van der Waals surface area contributed by atoms with Crippen LogP contribution in [0.3, 0.4) is 0 Å². The van der Waals surface area contributed by atoms with Crippen molar-refractivity contribution in [3.05, 3.63) is 45.8 Å². The van der Waals surface area contributed by atoms with Gasteiger partial charge in [0.2, 0.25) is 5.91 Å². The molecule has 2 atom stereocenters. The molecule has 0 aromatic heterocycles. The van der Waals surface area contributed by atoms with Crippen LogP contribution in [0.4, 0.5) is 13.2 Å². The Hall–Kier alpha value is -2.21. The van der Waals surface area contributed by atoms with Crippen LogP contribution in [0.1, 0.15) is 30.5 Å². The number of benzene rings is 1. The molecule has 0 saturated carbocycles. The van der Waals surface area contributed by atoms with Crippen molar-refractivity contribution in [2.24, 2.45) is 11.0 Å². The van der Waals surface area contributed by atoms with Gasteiger partial charge >= 0.3 is 6.18 Å². The molecule has 5 nitrogen and oxygen atoms in total. The summed E-state index contributed by atoms with van der Waals surface area (Å²) in [6.45, 7) is 2.30. The van der Waals surface area contributed by atoms with E-state index >= 15 is 0 Å². The Labute approximate surface area is 125 Å². The van der Waals surface area contributed by atoms with Crippen LogP contribution in [0.15, 0.2) is 29.4 Å². The maximum Gasteiger partial charge on any atom is 0.416 e. The summed E-state index contributed by atoms with van der Waals surface area (Å²) >= 11 is 0. The molecule has 1 heterocycles. The first-order chi connectivity index (χ1) is 10.3. The minimum Gasteiger partial charge on any atom is -0.336 e. The molecule has 1 aliphatic rings. The van der Waals surface area contributed by atoms with Crippen LogP contribution < -0.4 is 0 Å². The second-order valence-electron chi connectivity index (χ2n) is 5.33. The maximum absolute atomic E-state index is 12.8. The zero-order valence-corrected chi connectivity index (χ0v) is 11.9. The normalized spacial score (nSPS) is 19.9. The topological polar surface area (TPSA) is 69.1 Å². The van der Waals surface area contributed by atoms with Crippen LogP contribution in [-0.4, -0.2) is 23.9 Å². The quantitative estimate of drug-likeness (QED) is 0.472. The molecule has 1 aromatic rings. The third-order valence-electron chi connectivity index (χ3n) is 3.81. The van der Waals surface area contributed by atoms with E-state index in [9.17, 15) is 18.0 Å². The van der Waals surface area contributed by atoms with E-state index in [1.54, 1.807) is 13.0 Å². The summed E-state index contributed by atoms with van der Waals surface area (Å²) in [6.07, 6.45) is -4.16. The van der Waals surface area contributed by atoms with Gasteiger partial charge < -0.3 is 4.90 Å². The molecule has 2 rings (SSSR count). The third-order valence-corrected chi connectivity index (χ3v) is 3.81. The van der Waals surface area contributed by atoms with E-state index in [0.29, 0.717) is 12.1 Å². The first kappa shape index (κ1) is 16.2. The average Bonchev–Trinajstić information content (AvgIpc) is 2.84. The highest BCUT2D eigenvalue weighted by Gasteiger charge is 2.34. The van der Waals surface area contributed by atoms with Crippen molar-refractivity contribution in [3.8, 4) is 0 Å². The molecule has 2 unspecified atom stereocenters. The van der Waals surface area contributed by atoms with Crippen molar-refractivity contribution in [1.29, 1.82) is 0 Å². The molecule has 1 fully saturated rings. The highest BCUT2D eigenvalue weighted by atomic mass is 19.4. The van der Waals surface area contributed by atoms with Crippen molar-refractivity contribution in [3.63, 3.8) is 0 Å². The molecule has 0 bridgehead atoms. The molecular formula is C14H15F3N4O. The number of hydrogen-bond donors (Lipinski definition) is 0. The van der Waals surface area contributed by atoms with Gasteiger partial charge in [-0.15, -0.1) is 0 Å². The number of amides is 1. The van der Waals surface area contributed by atoms with Gasteiger partial charge in [0.25, 0.3) is 0 Å². The molecule has 0 spiro atoms. The fourth-order valence-electron chi connectivity index (χ4n) is 2.61. The molecule has 8 heteroatoms. The molecule has 1 aromatic carbocycles. The first-order valence-electron chi connectivity index (χ1n) is 6.80. The summed E-state index contributed by atoms with van der Waals surface area (Å²) in [4.78, 5) is 16.2. The van der Waals surface area contributed by atoms with Crippen molar-refractivity contribution in [2.45, 2.75) is 25.6 Å². The van der Waals surface area contributed by atoms with Crippen LogP contribution in [0.5, 0.6) is 0 Å². The summed E-state index contributed by atoms with van der Waals surface area (Å²) < 4.78 is 38.3. The van der Waals surface area contributed by atoms with Gasteiger partial charge in [0, 0.05) is 24.4 Å². The van der Waals surface area contributed by atoms with Gasteiger partial charge in [-0.1, -0.05) is 17.2 Å². The van der Waals surface area contributed by atoms with Crippen LogP contribution in [0, 0.1) is 5.92 Å². The lowest BCUT2D eigenvalue weighted by Crippen LogP contribution is -2.29. The predicted octanol–water partition coefficient (Wildman–Crippen LogP) is 3.93. The Morgan fingerprint density at radius 3 is 2.86 bits per heavy atom. The van der Waals surface area contributed by atoms with E-state index in [0.717, 1.165) is 12.1 Å². The fraction of sp³-hybridized carbons (Fsp3) is 0.500. The standard InChI is InChI=1S/C14H15F3N4O/c1-9(11-3-2-4-12(6-11)14(15,16)17)21-8-10(5-13(21)22)7-19-20-18/h2-4,6,9-10H,5,7-8H2,1H3. The fourth-order valence-corrected chi connectivity index (χ4v) is 2.61. The molecular weight excluding hydrogens is 297 g/mol. The Morgan fingerprint density at radius 1 is 1.50 bits per heavy atom. The lowest BCUT2D eigenvalue weighted by Gasteiger charge is -2.25. The van der Waals surface area contributed by atoms with Crippen LogP contribution >= 0.6 is 0 Å². The lowest BCUT2D eigenvalue weighted by molar-refractivity contribution is -0.137. The Bertz CT molecular complexity index is 610. The van der Waals surface area contributed by atoms with E-state index < -0.39 is 17.8 Å². The van der Waals surface area contributed by atoms with E-state index in [1.165, 1.54) is 11.0 Å². The number of nitrogens with zero attached hydrogens (tertiary/aromatic N) is 4. The highest BCUT2D eigenvalue weighted by molar-refractivity contribution is 5.79. The smallest absolute Gasteiger partial charge is 0.336 e. The van der Waals surface area contributed by atoms with Crippen LogP contribution in [0.25, 0.3) is 10.4 Å². The van der Waals surface area contributed by atoms with Crippen molar-refractivity contribution >= 4 is 5.91 Å². The largest absolute Gasteiger partial charge is 0.416 e. The summed E-state index contributed by atoms with van der Waals surface area (Å²) in [5, 5.41) is 3.45. The maximum atomic E-state index is 12.8. The van der Waals surface area contributed by atoms with Gasteiger partial charge in [-0.2, -0.15) is 13.2 Å². The zero-order valence-electron chi connectivity index (χ0n) is 11.9. The minimum atomic E-state index is -4.41. The Kier molecular flexibility index (Phi) is 4.61. The van der Waals surface area contributed by atoms with Gasteiger partial charge in [-0.3, -0.25) is 4.79 Å². The van der Waals surface area contributed by atoms with Gasteiger partial charge in [0.05, 0.1) is 11.6 Å². The number of carbonyl (C=O) groups excluding carboxylic acids is 1. The van der Waals surface area contributed by atoms with Gasteiger partial charge in [0.15, 0.2) is 0 Å². The molecule has 0 N–H and O–H groups in total. The SMILES string of the molecule is CC(c1cccc(C(F)(F)F)c1)N1CC(CN=[N+]=[N-])CC1=O. The molecule has 22 heavy (non-hydrogen) atoms. The lowest BCUT2D eigenvalue weighted by atomic mass is 10.0. The summed E-state index contributed by atoms with van der Waals surface area (Å²) in [5.74, 6) is -0.222. The summed E-state index contributed by atoms with van der Waals surface area (Å²) in [7, 11) is 0. The van der Waals surface area contributed by atoms with Gasteiger partial charge in [-0.05, 0) is 36.1 Å². The first-order valence-corrected chi connectivity index (χ1v) is 6.80. The van der Waals surface area contributed by atoms with Crippen molar-refractivity contribution in [2.75, 3.05) is 13.1 Å². The van der Waals surface area contributed by atoms with E-state index in [4.69, 9.17) is 5.53 Å². The zero-order chi connectivity index (χ0) is 16.3. The Balaban J connectivity index is 2.16. The van der Waals surface area contributed by atoms with E-state index in [1.807, 2.05) is 0 Å². The van der Waals surface area contributed by atoms with Crippen molar-refractivity contribution < 1.29 is 18.0 Å². The van der Waals surface area contributed by atoms with Crippen molar-refractivity contribution in [1.82, 2.24) is 4.90 Å². The van der Waals surface area contributed by atoms with E-state index in [2.05, 4.69) is 10.0 Å². The molecule has 118 valence electrons. The van der Waals surface area contributed by atoms with Gasteiger partial charge in [-0.25, -0.2) is 0 Å². The molecule has 1 amide bonds. The second kappa shape index (κ2) is 6.27. The minimum absolute atomic E-state index is 0.0864.